The summed E-state index contributed by atoms with van der Waals surface area (Å²) in [5, 5.41) is 4.34. The van der Waals surface area contributed by atoms with Gasteiger partial charge in [-0.15, -0.1) is 0 Å². The number of benzene rings is 2. The van der Waals surface area contributed by atoms with E-state index >= 15 is 0 Å². The molecule has 8 nitrogen and oxygen atoms in total. The molecule has 2 N–H and O–H groups in total. The number of rotatable bonds is 6. The maximum atomic E-state index is 12.5. The van der Waals surface area contributed by atoms with Gasteiger partial charge in [0.25, 0.3) is 5.91 Å². The first-order valence-corrected chi connectivity index (χ1v) is 10.3. The molecule has 0 aliphatic heterocycles. The number of ether oxygens (including phenoxy) is 1. The van der Waals surface area contributed by atoms with E-state index < -0.39 is 33.8 Å². The normalized spacial score (nSPS) is 11.9. The molecule has 0 radical (unpaired) electrons. The summed E-state index contributed by atoms with van der Waals surface area (Å²) < 4.78 is 28.0. The van der Waals surface area contributed by atoms with Crippen LogP contribution in [0.5, 0.6) is 0 Å². The van der Waals surface area contributed by atoms with Gasteiger partial charge in [0.05, 0.1) is 11.3 Å². The van der Waals surface area contributed by atoms with Gasteiger partial charge in [-0.25, -0.2) is 18.0 Å². The van der Waals surface area contributed by atoms with Crippen LogP contribution in [-0.2, 0) is 25.1 Å². The standard InChI is InChI=1S/C19H20N2O6S/c1-20-19(24)21-17(22)16(14-6-4-3-5-7-14)27-18(23)15-10-8-13(9-11-15)12-28(2,25)26/h3-11,16H,12H2,1-2H3,(H2,20,21,22,24)/t16-/m0/s1. The molecule has 0 aliphatic rings. The molecule has 0 spiro atoms. The van der Waals surface area contributed by atoms with E-state index in [-0.39, 0.29) is 11.3 Å². The van der Waals surface area contributed by atoms with Crippen molar-refractivity contribution in [1.29, 1.82) is 0 Å². The van der Waals surface area contributed by atoms with Gasteiger partial charge in [-0.05, 0) is 17.7 Å². The van der Waals surface area contributed by atoms with Gasteiger partial charge in [-0.2, -0.15) is 0 Å². The van der Waals surface area contributed by atoms with E-state index in [1.807, 2.05) is 0 Å². The topological polar surface area (TPSA) is 119 Å². The first-order valence-electron chi connectivity index (χ1n) is 8.25. The molecule has 0 fully saturated rings. The highest BCUT2D eigenvalue weighted by Crippen LogP contribution is 2.20. The number of carbonyl (C=O) groups is 3. The molecule has 1 atom stereocenters. The predicted octanol–water partition coefficient (Wildman–Crippen LogP) is 1.58. The van der Waals surface area contributed by atoms with Crippen LogP contribution in [0.4, 0.5) is 4.79 Å². The summed E-state index contributed by atoms with van der Waals surface area (Å²) in [7, 11) is -1.85. The Bertz CT molecular complexity index is 956. The quantitative estimate of drug-likeness (QED) is 0.706. The fourth-order valence-electron chi connectivity index (χ4n) is 2.36. The van der Waals surface area contributed by atoms with Crippen LogP contribution in [0.25, 0.3) is 0 Å². The molecule has 0 unspecified atom stereocenters. The Balaban J connectivity index is 2.20. The molecule has 0 bridgehead atoms. The lowest BCUT2D eigenvalue weighted by Gasteiger charge is -2.17. The largest absolute Gasteiger partial charge is 0.444 e. The van der Waals surface area contributed by atoms with Crippen LogP contribution < -0.4 is 10.6 Å². The highest BCUT2D eigenvalue weighted by molar-refractivity contribution is 7.89. The fourth-order valence-corrected chi connectivity index (χ4v) is 3.15. The SMILES string of the molecule is CNC(=O)NC(=O)[C@@H](OC(=O)c1ccc(CS(C)(=O)=O)cc1)c1ccccc1. The van der Waals surface area contributed by atoms with E-state index in [0.29, 0.717) is 11.1 Å². The van der Waals surface area contributed by atoms with Gasteiger partial charge >= 0.3 is 12.0 Å². The van der Waals surface area contributed by atoms with Crippen LogP contribution in [0, 0.1) is 0 Å². The average molecular weight is 404 g/mol. The Kier molecular flexibility index (Phi) is 6.89. The number of esters is 1. The van der Waals surface area contributed by atoms with Crippen LogP contribution in [0.1, 0.15) is 27.6 Å². The summed E-state index contributed by atoms with van der Waals surface area (Å²) >= 11 is 0. The zero-order valence-electron chi connectivity index (χ0n) is 15.3. The maximum Gasteiger partial charge on any atom is 0.339 e. The number of nitrogens with one attached hydrogen (secondary N) is 2. The van der Waals surface area contributed by atoms with Crippen molar-refractivity contribution in [2.75, 3.05) is 13.3 Å². The molecule has 0 heterocycles. The minimum atomic E-state index is -3.20. The van der Waals surface area contributed by atoms with Crippen molar-refractivity contribution in [2.45, 2.75) is 11.9 Å². The highest BCUT2D eigenvalue weighted by atomic mass is 32.2. The molecule has 2 rings (SSSR count). The lowest BCUT2D eigenvalue weighted by atomic mass is 10.1. The van der Waals surface area contributed by atoms with Crippen molar-refractivity contribution < 1.29 is 27.5 Å². The van der Waals surface area contributed by atoms with Gasteiger partial charge in [0.2, 0.25) is 6.10 Å². The third-order valence-corrected chi connectivity index (χ3v) is 4.51. The number of carbonyl (C=O) groups excluding carboxylic acids is 3. The Morgan fingerprint density at radius 1 is 1.00 bits per heavy atom. The summed E-state index contributed by atoms with van der Waals surface area (Å²) in [5.41, 5.74) is 1.06. The molecule has 2 aromatic carbocycles. The smallest absolute Gasteiger partial charge is 0.339 e. The Morgan fingerprint density at radius 2 is 1.61 bits per heavy atom. The second-order valence-corrected chi connectivity index (χ2v) is 8.17. The summed E-state index contributed by atoms with van der Waals surface area (Å²) in [4.78, 5) is 36.3. The van der Waals surface area contributed by atoms with E-state index in [4.69, 9.17) is 4.74 Å². The van der Waals surface area contributed by atoms with Gasteiger partial charge < -0.3 is 10.1 Å². The van der Waals surface area contributed by atoms with Crippen LogP contribution in [-0.4, -0.2) is 39.6 Å². The van der Waals surface area contributed by atoms with Crippen molar-refractivity contribution in [3.63, 3.8) is 0 Å². The second-order valence-electron chi connectivity index (χ2n) is 6.03. The van der Waals surface area contributed by atoms with Gasteiger partial charge in [0, 0.05) is 18.9 Å². The molecular formula is C19H20N2O6S. The third-order valence-electron chi connectivity index (χ3n) is 3.65. The number of hydrogen-bond acceptors (Lipinski definition) is 6. The molecular weight excluding hydrogens is 384 g/mol. The summed E-state index contributed by atoms with van der Waals surface area (Å²) in [6.07, 6.45) is -0.216. The first-order chi connectivity index (χ1) is 13.2. The van der Waals surface area contributed by atoms with E-state index in [0.717, 1.165) is 6.26 Å². The number of sulfone groups is 1. The first kappa shape index (κ1) is 21.1. The Morgan fingerprint density at radius 3 is 2.14 bits per heavy atom. The van der Waals surface area contributed by atoms with E-state index in [2.05, 4.69) is 10.6 Å². The van der Waals surface area contributed by atoms with Gasteiger partial charge in [0.15, 0.2) is 9.84 Å². The number of amides is 3. The highest BCUT2D eigenvalue weighted by Gasteiger charge is 2.27. The summed E-state index contributed by atoms with van der Waals surface area (Å²) in [6, 6.07) is 13.4. The molecule has 0 aliphatic carbocycles. The monoisotopic (exact) mass is 404 g/mol. The van der Waals surface area contributed by atoms with Crippen LogP contribution >= 0.6 is 0 Å². The molecule has 3 amide bonds. The molecule has 148 valence electrons. The number of hydrogen-bond donors (Lipinski definition) is 2. The van der Waals surface area contributed by atoms with Crippen molar-refractivity contribution in [2.24, 2.45) is 0 Å². The average Bonchev–Trinajstić information content (AvgIpc) is 2.65. The second kappa shape index (κ2) is 9.14. The van der Waals surface area contributed by atoms with Crippen LogP contribution in [0.2, 0.25) is 0 Å². The molecule has 0 aromatic heterocycles. The van der Waals surface area contributed by atoms with E-state index in [1.54, 1.807) is 30.3 Å². The van der Waals surface area contributed by atoms with E-state index in [1.165, 1.54) is 31.3 Å². The fraction of sp³-hybridized carbons (Fsp3) is 0.211. The summed E-state index contributed by atoms with van der Waals surface area (Å²) in [6.45, 7) is 0. The predicted molar refractivity (Wildman–Crippen MR) is 102 cm³/mol. The van der Waals surface area contributed by atoms with Crippen molar-refractivity contribution in [1.82, 2.24) is 10.6 Å². The van der Waals surface area contributed by atoms with Crippen LogP contribution in [0.15, 0.2) is 54.6 Å². The van der Waals surface area contributed by atoms with Crippen molar-refractivity contribution >= 4 is 27.7 Å². The van der Waals surface area contributed by atoms with Gasteiger partial charge in [0.1, 0.15) is 0 Å². The minimum absolute atomic E-state index is 0.144. The molecule has 0 saturated heterocycles. The zero-order valence-corrected chi connectivity index (χ0v) is 16.2. The van der Waals surface area contributed by atoms with E-state index in [9.17, 15) is 22.8 Å². The third kappa shape index (κ3) is 6.20. The van der Waals surface area contributed by atoms with Crippen molar-refractivity contribution in [3.05, 3.63) is 71.3 Å². The summed E-state index contributed by atoms with van der Waals surface area (Å²) in [5.74, 6) is -1.73. The van der Waals surface area contributed by atoms with Gasteiger partial charge in [-0.3, -0.25) is 10.1 Å². The Labute approximate surface area is 162 Å². The molecule has 28 heavy (non-hydrogen) atoms. The van der Waals surface area contributed by atoms with Crippen LogP contribution in [0.3, 0.4) is 0 Å². The van der Waals surface area contributed by atoms with Gasteiger partial charge in [-0.1, -0.05) is 42.5 Å². The molecule has 9 heteroatoms. The Hall–Kier alpha value is -3.20. The molecule has 0 saturated carbocycles. The molecule has 2 aromatic rings. The maximum absolute atomic E-state index is 12.5. The lowest BCUT2D eigenvalue weighted by Crippen LogP contribution is -2.41. The number of imide groups is 1. The minimum Gasteiger partial charge on any atom is -0.444 e. The van der Waals surface area contributed by atoms with Crippen molar-refractivity contribution in [3.8, 4) is 0 Å². The lowest BCUT2D eigenvalue weighted by molar-refractivity contribution is -0.129. The zero-order chi connectivity index (χ0) is 20.7. The number of urea groups is 1.